The van der Waals surface area contributed by atoms with Crippen LogP contribution >= 0.6 is 11.6 Å². The zero-order valence-corrected chi connectivity index (χ0v) is 20.4. The maximum Gasteiger partial charge on any atom is 0.333 e. The molecular weight excluding hydrogens is 479 g/mol. The van der Waals surface area contributed by atoms with Crippen molar-refractivity contribution in [3.8, 4) is 28.2 Å². The normalized spacial score (nSPS) is 11.2. The first-order chi connectivity index (χ1) is 17.6. The summed E-state index contributed by atoms with van der Waals surface area (Å²) in [6.45, 7) is 2.46. The summed E-state index contributed by atoms with van der Waals surface area (Å²) in [6, 6.07) is 20.3. The average Bonchev–Trinajstić information content (AvgIpc) is 3.53. The van der Waals surface area contributed by atoms with Crippen LogP contribution in [0.2, 0.25) is 5.02 Å². The van der Waals surface area contributed by atoms with Crippen LogP contribution < -0.4 is 5.69 Å². The Kier molecular flexibility index (Phi) is 6.77. The molecule has 0 aliphatic heterocycles. The summed E-state index contributed by atoms with van der Waals surface area (Å²) in [5.41, 5.74) is 4.44. The number of tetrazole rings is 1. The first-order valence-corrected chi connectivity index (χ1v) is 12.1. The van der Waals surface area contributed by atoms with Gasteiger partial charge in [-0.2, -0.15) is 0 Å². The van der Waals surface area contributed by atoms with Gasteiger partial charge in [-0.1, -0.05) is 79.5 Å². The molecule has 0 atom stereocenters. The van der Waals surface area contributed by atoms with E-state index in [0.29, 0.717) is 18.8 Å². The van der Waals surface area contributed by atoms with Gasteiger partial charge in [0.25, 0.3) is 0 Å². The quantitative estimate of drug-likeness (QED) is 0.296. The third-order valence-corrected chi connectivity index (χ3v) is 6.46. The molecule has 0 saturated carbocycles. The molecule has 7 nitrogen and oxygen atoms in total. The SMILES string of the molecule is CCCCc1cn(-c2c(F)cccc2Cl)c(=O)n1Cc1ccc(-c2ccccc2-c2nnn[nH]2)cc1. The number of nitrogens with zero attached hydrogens (tertiary/aromatic N) is 5. The molecule has 5 rings (SSSR count). The Labute approximate surface area is 212 Å². The predicted octanol–water partition coefficient (Wildman–Crippen LogP) is 5.67. The van der Waals surface area contributed by atoms with Crippen LogP contribution in [0.4, 0.5) is 4.39 Å². The van der Waals surface area contributed by atoms with E-state index in [1.165, 1.54) is 16.7 Å². The minimum absolute atomic E-state index is 0.0783. The van der Waals surface area contributed by atoms with Crippen molar-refractivity contribution >= 4 is 11.6 Å². The number of hydrogen-bond acceptors (Lipinski definition) is 4. The summed E-state index contributed by atoms with van der Waals surface area (Å²) in [6.07, 6.45) is 4.31. The Hall–Kier alpha value is -4.04. The first-order valence-electron chi connectivity index (χ1n) is 11.7. The number of aromatic amines is 1. The molecule has 0 spiro atoms. The molecule has 0 fully saturated rings. The molecule has 0 aliphatic carbocycles. The van der Waals surface area contributed by atoms with Gasteiger partial charge < -0.3 is 0 Å². The molecule has 3 aromatic carbocycles. The van der Waals surface area contributed by atoms with Gasteiger partial charge in [0.1, 0.15) is 11.5 Å². The molecule has 36 heavy (non-hydrogen) atoms. The van der Waals surface area contributed by atoms with Crippen LogP contribution in [0.5, 0.6) is 0 Å². The lowest BCUT2D eigenvalue weighted by molar-refractivity contribution is 0.613. The van der Waals surface area contributed by atoms with Crippen LogP contribution in [-0.4, -0.2) is 29.8 Å². The average molecular weight is 503 g/mol. The molecule has 2 aromatic heterocycles. The van der Waals surface area contributed by atoms with E-state index in [0.717, 1.165) is 40.8 Å². The fraction of sp³-hybridized carbons (Fsp3) is 0.185. The number of aromatic nitrogens is 6. The van der Waals surface area contributed by atoms with E-state index in [2.05, 4.69) is 27.5 Å². The zero-order valence-electron chi connectivity index (χ0n) is 19.7. The van der Waals surface area contributed by atoms with E-state index in [-0.39, 0.29) is 16.4 Å². The van der Waals surface area contributed by atoms with Gasteiger partial charge in [-0.05, 0) is 52.1 Å². The molecule has 0 unspecified atom stereocenters. The molecule has 0 aliphatic rings. The van der Waals surface area contributed by atoms with E-state index in [1.54, 1.807) is 16.8 Å². The number of rotatable bonds is 8. The summed E-state index contributed by atoms with van der Waals surface area (Å²) in [5.74, 6) is 0.0590. The smallest absolute Gasteiger partial charge is 0.292 e. The molecule has 182 valence electrons. The third kappa shape index (κ3) is 4.59. The van der Waals surface area contributed by atoms with Gasteiger partial charge >= 0.3 is 5.69 Å². The van der Waals surface area contributed by atoms with E-state index in [1.807, 2.05) is 48.5 Å². The van der Waals surface area contributed by atoms with Gasteiger partial charge in [0.05, 0.1) is 11.6 Å². The van der Waals surface area contributed by atoms with Gasteiger partial charge in [-0.3, -0.25) is 9.13 Å². The molecule has 9 heteroatoms. The Bertz CT molecular complexity index is 1520. The second-order valence-electron chi connectivity index (χ2n) is 8.53. The van der Waals surface area contributed by atoms with Crippen LogP contribution in [0.15, 0.2) is 77.7 Å². The van der Waals surface area contributed by atoms with Crippen molar-refractivity contribution in [1.29, 1.82) is 0 Å². The second kappa shape index (κ2) is 10.3. The minimum Gasteiger partial charge on any atom is -0.292 e. The van der Waals surface area contributed by atoms with Crippen molar-refractivity contribution in [2.45, 2.75) is 32.7 Å². The van der Waals surface area contributed by atoms with Gasteiger partial charge in [-0.15, -0.1) is 5.10 Å². The fourth-order valence-corrected chi connectivity index (χ4v) is 4.57. The standard InChI is InChI=1S/C27H24ClFN6O/c1-2-3-7-20-17-35(25-23(28)10-6-11-24(25)29)27(36)34(20)16-18-12-14-19(15-13-18)21-8-4-5-9-22(21)26-30-32-33-31-26/h4-6,8-15,17H,2-3,7,16H2,1H3,(H,30,31,32,33). The van der Waals surface area contributed by atoms with Crippen molar-refractivity contribution in [2.75, 3.05) is 0 Å². The Morgan fingerprint density at radius 3 is 2.47 bits per heavy atom. The van der Waals surface area contributed by atoms with Gasteiger partial charge in [0.2, 0.25) is 0 Å². The lowest BCUT2D eigenvalue weighted by Gasteiger charge is -2.10. The minimum atomic E-state index is -0.534. The van der Waals surface area contributed by atoms with Gasteiger partial charge in [-0.25, -0.2) is 14.3 Å². The highest BCUT2D eigenvalue weighted by Gasteiger charge is 2.18. The molecular formula is C27H24ClFN6O. The highest BCUT2D eigenvalue weighted by Crippen LogP contribution is 2.30. The van der Waals surface area contributed by atoms with Crippen molar-refractivity contribution < 1.29 is 4.39 Å². The van der Waals surface area contributed by atoms with E-state index in [9.17, 15) is 9.18 Å². The number of nitrogens with one attached hydrogen (secondary N) is 1. The summed E-state index contributed by atoms with van der Waals surface area (Å²) in [5, 5.41) is 14.4. The van der Waals surface area contributed by atoms with Crippen molar-refractivity contribution in [3.63, 3.8) is 0 Å². The molecule has 0 radical (unpaired) electrons. The van der Waals surface area contributed by atoms with Crippen LogP contribution in [0.1, 0.15) is 31.0 Å². The lowest BCUT2D eigenvalue weighted by atomic mass is 9.98. The van der Waals surface area contributed by atoms with Crippen molar-refractivity contribution in [3.05, 3.63) is 106 Å². The van der Waals surface area contributed by atoms with Crippen molar-refractivity contribution in [2.24, 2.45) is 0 Å². The third-order valence-electron chi connectivity index (χ3n) is 6.16. The van der Waals surface area contributed by atoms with Gasteiger partial charge in [0.15, 0.2) is 5.82 Å². The zero-order chi connectivity index (χ0) is 25.1. The maximum absolute atomic E-state index is 14.6. The number of imidazole rings is 1. The molecule has 0 amide bonds. The number of halogens is 2. The highest BCUT2D eigenvalue weighted by molar-refractivity contribution is 6.32. The second-order valence-corrected chi connectivity index (χ2v) is 8.93. The highest BCUT2D eigenvalue weighted by atomic mass is 35.5. The Morgan fingerprint density at radius 1 is 1.00 bits per heavy atom. The topological polar surface area (TPSA) is 81.4 Å². The number of hydrogen-bond donors (Lipinski definition) is 1. The molecule has 0 saturated heterocycles. The van der Waals surface area contributed by atoms with Gasteiger partial charge in [0, 0.05) is 17.5 Å². The number of benzene rings is 3. The summed E-state index contributed by atoms with van der Waals surface area (Å²) in [7, 11) is 0. The van der Waals surface area contributed by atoms with Crippen molar-refractivity contribution in [1.82, 2.24) is 29.8 Å². The van der Waals surface area contributed by atoms with Crippen LogP contribution in [0.3, 0.4) is 0 Å². The van der Waals surface area contributed by atoms with E-state index in [4.69, 9.17) is 11.6 Å². The number of para-hydroxylation sites is 1. The predicted molar refractivity (Wildman–Crippen MR) is 138 cm³/mol. The summed E-state index contributed by atoms with van der Waals surface area (Å²) in [4.78, 5) is 13.4. The largest absolute Gasteiger partial charge is 0.333 e. The summed E-state index contributed by atoms with van der Waals surface area (Å²) < 4.78 is 17.6. The van der Waals surface area contributed by atoms with Crippen LogP contribution in [0, 0.1) is 5.82 Å². The number of H-pyrrole nitrogens is 1. The molecule has 1 N–H and O–H groups in total. The lowest BCUT2D eigenvalue weighted by Crippen LogP contribution is -2.25. The van der Waals surface area contributed by atoms with Crippen LogP contribution in [-0.2, 0) is 13.0 Å². The number of unbranched alkanes of at least 4 members (excludes halogenated alkanes) is 1. The van der Waals surface area contributed by atoms with E-state index >= 15 is 0 Å². The van der Waals surface area contributed by atoms with Crippen LogP contribution in [0.25, 0.3) is 28.2 Å². The fourth-order valence-electron chi connectivity index (χ4n) is 4.32. The first kappa shape index (κ1) is 23.7. The summed E-state index contributed by atoms with van der Waals surface area (Å²) >= 11 is 6.26. The molecule has 5 aromatic rings. The molecule has 0 bridgehead atoms. The van der Waals surface area contributed by atoms with E-state index < -0.39 is 5.82 Å². The number of aryl methyl sites for hydroxylation is 1. The monoisotopic (exact) mass is 502 g/mol. The maximum atomic E-state index is 14.6. The molecule has 2 heterocycles. The Balaban J connectivity index is 1.49. The Morgan fingerprint density at radius 2 is 1.78 bits per heavy atom.